The predicted molar refractivity (Wildman–Crippen MR) is 115 cm³/mol. The van der Waals surface area contributed by atoms with E-state index in [-0.39, 0.29) is 30.1 Å². The maximum Gasteiger partial charge on any atom is 0.243 e. The third kappa shape index (κ3) is 7.26. The normalized spacial score (nSPS) is 11.9. The smallest absolute Gasteiger partial charge is 0.243 e. The molecule has 2 aromatic rings. The fourth-order valence-corrected chi connectivity index (χ4v) is 3.19. The number of nitrogens with one attached hydrogen (secondary N) is 1. The second kappa shape index (κ2) is 12.1. The van der Waals surface area contributed by atoms with Crippen molar-refractivity contribution in [2.75, 3.05) is 20.3 Å². The molecule has 162 valence electrons. The van der Waals surface area contributed by atoms with Gasteiger partial charge in [-0.2, -0.15) is 0 Å². The first-order chi connectivity index (χ1) is 14.4. The number of benzene rings is 2. The molecule has 0 aromatic heterocycles. The van der Waals surface area contributed by atoms with E-state index in [4.69, 9.17) is 4.74 Å². The lowest BCUT2D eigenvalue weighted by Gasteiger charge is -2.32. The first-order valence-electron chi connectivity index (χ1n) is 10.3. The van der Waals surface area contributed by atoms with Gasteiger partial charge < -0.3 is 15.0 Å². The molecule has 0 heterocycles. The van der Waals surface area contributed by atoms with Crippen LogP contribution >= 0.6 is 0 Å². The SMILES string of the molecule is COCCCNC(=O)[C@@H](Cc1ccccc1)N(Cc1ccc(F)cc1)C(=O)C(C)C. The first kappa shape index (κ1) is 23.5. The summed E-state index contributed by atoms with van der Waals surface area (Å²) in [5.74, 6) is -0.930. The lowest BCUT2D eigenvalue weighted by molar-refractivity contribution is -0.143. The van der Waals surface area contributed by atoms with Gasteiger partial charge in [0.1, 0.15) is 11.9 Å². The Morgan fingerprint density at radius 2 is 1.70 bits per heavy atom. The van der Waals surface area contributed by atoms with E-state index in [2.05, 4.69) is 5.32 Å². The summed E-state index contributed by atoms with van der Waals surface area (Å²) in [4.78, 5) is 27.8. The Bertz CT molecular complexity index is 794. The molecule has 0 fully saturated rings. The van der Waals surface area contributed by atoms with E-state index in [1.165, 1.54) is 12.1 Å². The molecule has 2 amide bonds. The highest BCUT2D eigenvalue weighted by Crippen LogP contribution is 2.17. The molecule has 5 nitrogen and oxygen atoms in total. The Morgan fingerprint density at radius 1 is 1.03 bits per heavy atom. The molecule has 0 unspecified atom stereocenters. The van der Waals surface area contributed by atoms with Crippen molar-refractivity contribution in [3.63, 3.8) is 0 Å². The van der Waals surface area contributed by atoms with Crippen LogP contribution in [0.5, 0.6) is 0 Å². The van der Waals surface area contributed by atoms with Crippen LogP contribution in [0, 0.1) is 11.7 Å². The Morgan fingerprint density at radius 3 is 2.30 bits per heavy atom. The summed E-state index contributed by atoms with van der Waals surface area (Å²) < 4.78 is 18.4. The standard InChI is InChI=1S/C24H31FN2O3/c1-18(2)24(29)27(17-20-10-12-21(25)13-11-20)22(16-19-8-5-4-6-9-19)23(28)26-14-7-15-30-3/h4-6,8-13,18,22H,7,14-17H2,1-3H3,(H,26,28)/t22-/m1/s1. The summed E-state index contributed by atoms with van der Waals surface area (Å²) in [6, 6.07) is 15.0. The number of halogens is 1. The third-order valence-corrected chi connectivity index (χ3v) is 4.82. The van der Waals surface area contributed by atoms with E-state index in [0.29, 0.717) is 26.0 Å². The number of hydrogen-bond donors (Lipinski definition) is 1. The molecule has 0 spiro atoms. The van der Waals surface area contributed by atoms with Gasteiger partial charge in [-0.25, -0.2) is 4.39 Å². The molecule has 30 heavy (non-hydrogen) atoms. The van der Waals surface area contributed by atoms with E-state index in [1.54, 1.807) is 24.1 Å². The quantitative estimate of drug-likeness (QED) is 0.572. The van der Waals surface area contributed by atoms with Crippen LogP contribution in [0.2, 0.25) is 0 Å². The largest absolute Gasteiger partial charge is 0.385 e. The number of carbonyl (C=O) groups is 2. The fourth-order valence-electron chi connectivity index (χ4n) is 3.19. The molecule has 6 heteroatoms. The van der Waals surface area contributed by atoms with Crippen molar-refractivity contribution in [2.24, 2.45) is 5.92 Å². The van der Waals surface area contributed by atoms with Gasteiger partial charge in [-0.3, -0.25) is 9.59 Å². The zero-order valence-electron chi connectivity index (χ0n) is 17.9. The fraction of sp³-hybridized carbons (Fsp3) is 0.417. The van der Waals surface area contributed by atoms with Gasteiger partial charge in [0, 0.05) is 39.1 Å². The van der Waals surface area contributed by atoms with Crippen molar-refractivity contribution >= 4 is 11.8 Å². The number of methoxy groups -OCH3 is 1. The molecule has 1 atom stereocenters. The van der Waals surface area contributed by atoms with Gasteiger partial charge in [-0.15, -0.1) is 0 Å². The van der Waals surface area contributed by atoms with E-state index >= 15 is 0 Å². The van der Waals surface area contributed by atoms with Crippen LogP contribution in [0.4, 0.5) is 4.39 Å². The molecule has 0 aliphatic carbocycles. The minimum absolute atomic E-state index is 0.118. The molecular formula is C24H31FN2O3. The summed E-state index contributed by atoms with van der Waals surface area (Å²) in [6.07, 6.45) is 1.09. The molecule has 0 saturated carbocycles. The van der Waals surface area contributed by atoms with Crippen LogP contribution in [0.3, 0.4) is 0 Å². The van der Waals surface area contributed by atoms with E-state index in [1.807, 2.05) is 44.2 Å². The summed E-state index contributed by atoms with van der Waals surface area (Å²) in [5, 5.41) is 2.93. The maximum atomic E-state index is 13.3. The number of ether oxygens (including phenoxy) is 1. The zero-order valence-corrected chi connectivity index (χ0v) is 17.9. The average Bonchev–Trinajstić information content (AvgIpc) is 2.75. The van der Waals surface area contributed by atoms with Crippen molar-refractivity contribution in [3.05, 3.63) is 71.5 Å². The highest BCUT2D eigenvalue weighted by atomic mass is 19.1. The average molecular weight is 415 g/mol. The highest BCUT2D eigenvalue weighted by molar-refractivity contribution is 5.88. The molecule has 0 radical (unpaired) electrons. The monoisotopic (exact) mass is 414 g/mol. The molecule has 0 bridgehead atoms. The van der Waals surface area contributed by atoms with Gasteiger partial charge in [0.2, 0.25) is 11.8 Å². The molecule has 0 aliphatic heterocycles. The van der Waals surface area contributed by atoms with Crippen molar-refractivity contribution in [3.8, 4) is 0 Å². The predicted octanol–water partition coefficient (Wildman–Crippen LogP) is 3.57. The lowest BCUT2D eigenvalue weighted by atomic mass is 10.0. The van der Waals surface area contributed by atoms with Gasteiger partial charge in [-0.05, 0) is 29.7 Å². The van der Waals surface area contributed by atoms with Gasteiger partial charge in [0.25, 0.3) is 0 Å². The summed E-state index contributed by atoms with van der Waals surface area (Å²) >= 11 is 0. The van der Waals surface area contributed by atoms with Crippen LogP contribution in [-0.2, 0) is 27.3 Å². The summed E-state index contributed by atoms with van der Waals surface area (Å²) in [5.41, 5.74) is 1.74. The number of amides is 2. The van der Waals surface area contributed by atoms with Crippen LogP contribution in [0.1, 0.15) is 31.4 Å². The van der Waals surface area contributed by atoms with Crippen LogP contribution in [0.25, 0.3) is 0 Å². The number of hydrogen-bond acceptors (Lipinski definition) is 3. The first-order valence-corrected chi connectivity index (χ1v) is 10.3. The van der Waals surface area contributed by atoms with Crippen molar-refractivity contribution in [2.45, 2.75) is 39.3 Å². The number of rotatable bonds is 11. The molecular weight excluding hydrogens is 383 g/mol. The van der Waals surface area contributed by atoms with Gasteiger partial charge in [0.15, 0.2) is 0 Å². The number of nitrogens with zero attached hydrogens (tertiary/aromatic N) is 1. The van der Waals surface area contributed by atoms with E-state index < -0.39 is 6.04 Å². The number of carbonyl (C=O) groups excluding carboxylic acids is 2. The van der Waals surface area contributed by atoms with Crippen molar-refractivity contribution in [1.29, 1.82) is 0 Å². The molecule has 1 N–H and O–H groups in total. The minimum Gasteiger partial charge on any atom is -0.385 e. The van der Waals surface area contributed by atoms with Gasteiger partial charge in [0.05, 0.1) is 0 Å². The second-order valence-electron chi connectivity index (χ2n) is 7.59. The Balaban J connectivity index is 2.30. The molecule has 0 aliphatic rings. The maximum absolute atomic E-state index is 13.3. The van der Waals surface area contributed by atoms with E-state index in [0.717, 1.165) is 11.1 Å². The minimum atomic E-state index is -0.671. The Labute approximate surface area is 178 Å². The van der Waals surface area contributed by atoms with Crippen LogP contribution in [0.15, 0.2) is 54.6 Å². The molecule has 0 saturated heterocycles. The zero-order chi connectivity index (χ0) is 21.9. The van der Waals surface area contributed by atoms with Crippen molar-refractivity contribution in [1.82, 2.24) is 10.2 Å². The lowest BCUT2D eigenvalue weighted by Crippen LogP contribution is -2.51. The summed E-state index contributed by atoms with van der Waals surface area (Å²) in [7, 11) is 1.62. The van der Waals surface area contributed by atoms with Gasteiger partial charge in [-0.1, -0.05) is 56.3 Å². The van der Waals surface area contributed by atoms with E-state index in [9.17, 15) is 14.0 Å². The third-order valence-electron chi connectivity index (χ3n) is 4.82. The Hall–Kier alpha value is -2.73. The molecule has 2 aromatic carbocycles. The second-order valence-corrected chi connectivity index (χ2v) is 7.59. The summed E-state index contributed by atoms with van der Waals surface area (Å²) in [6.45, 7) is 4.89. The topological polar surface area (TPSA) is 58.6 Å². The van der Waals surface area contributed by atoms with Crippen LogP contribution < -0.4 is 5.32 Å². The van der Waals surface area contributed by atoms with Crippen molar-refractivity contribution < 1.29 is 18.7 Å². The molecule has 2 rings (SSSR count). The van der Waals surface area contributed by atoms with Gasteiger partial charge >= 0.3 is 0 Å². The van der Waals surface area contributed by atoms with Crippen LogP contribution in [-0.4, -0.2) is 43.0 Å². The Kier molecular flexibility index (Phi) is 9.48. The highest BCUT2D eigenvalue weighted by Gasteiger charge is 2.31.